The Kier molecular flexibility index (Phi) is 15.8. The summed E-state index contributed by atoms with van der Waals surface area (Å²) < 4.78 is 9.59. The fourth-order valence-corrected chi connectivity index (χ4v) is 12.1. The van der Waals surface area contributed by atoms with Crippen LogP contribution in [0, 0.1) is 0 Å². The number of nitrogens with zero attached hydrogens (tertiary/aromatic N) is 4. The summed E-state index contributed by atoms with van der Waals surface area (Å²) in [5, 5.41) is 8.89. The number of ether oxygens (including phenoxy) is 1. The van der Waals surface area contributed by atoms with E-state index in [0.29, 0.717) is 6.67 Å². The quantitative estimate of drug-likeness (QED) is 0.133. The SMILES string of the molecule is CC(C)(C)c1cc(Oc2ccc3c4cc(C(C)(C)C)ccc4n(-c4cc(C(C)(c5ccccc5)c5ccccc5)ccn4)c3c2)cc(N2CN(c3c(/C4=C/C=C\N/C=C\C=C/[B]4)cc(C(C)(C)C)cc3/C3=C/C=C\N/C=C\C=C/[B]3)c3ccccc32)c1. The molecule has 0 bridgehead atoms. The second kappa shape index (κ2) is 23.8. The number of anilines is 4. The molecular weight excluding hydrogens is 1060 g/mol. The molecule has 87 heavy (non-hydrogen) atoms. The number of rotatable bonds is 10. The van der Waals surface area contributed by atoms with Crippen molar-refractivity contribution in [2.24, 2.45) is 0 Å². The molecule has 0 spiro atoms. The molecule has 2 N–H and O–H groups in total. The zero-order chi connectivity index (χ0) is 60.5. The van der Waals surface area contributed by atoms with Crippen molar-refractivity contribution < 1.29 is 4.74 Å². The topological polar surface area (TPSA) is 57.6 Å². The number of benzene rings is 7. The summed E-state index contributed by atoms with van der Waals surface area (Å²) in [6, 6.07) is 60.0. The fourth-order valence-electron chi connectivity index (χ4n) is 12.1. The Labute approximate surface area is 516 Å². The van der Waals surface area contributed by atoms with Crippen molar-refractivity contribution in [1.29, 1.82) is 0 Å². The Morgan fingerprint density at radius 1 is 0.437 bits per heavy atom. The average molecular weight is 1140 g/mol. The smallest absolute Gasteiger partial charge is 0.182 e. The molecule has 7 aromatic carbocycles. The van der Waals surface area contributed by atoms with E-state index in [9.17, 15) is 0 Å². The normalized spacial score (nSPS) is 18.1. The third-order valence-corrected chi connectivity index (χ3v) is 17.1. The molecule has 3 aliphatic heterocycles. The number of pyridine rings is 1. The Morgan fingerprint density at radius 2 is 1.00 bits per heavy atom. The van der Waals surface area contributed by atoms with Gasteiger partial charge in [-0.25, -0.2) is 4.98 Å². The van der Waals surface area contributed by atoms with Crippen molar-refractivity contribution in [3.63, 3.8) is 0 Å². The van der Waals surface area contributed by atoms with Crippen LogP contribution in [0.15, 0.2) is 255 Å². The molecule has 12 rings (SSSR count). The molecule has 0 fully saturated rings. The summed E-state index contributed by atoms with van der Waals surface area (Å²) >= 11 is 0. The summed E-state index contributed by atoms with van der Waals surface area (Å²) in [6.07, 6.45) is 26.6. The fraction of sp³-hybridized carbons (Fsp3) is 0.192. The lowest BCUT2D eigenvalue weighted by molar-refractivity contribution is 0.479. The number of hydrogen-bond acceptors (Lipinski definition) is 6. The molecule has 430 valence electrons. The molecule has 5 heterocycles. The molecule has 2 radical (unpaired) electrons. The van der Waals surface area contributed by atoms with Gasteiger partial charge in [-0.2, -0.15) is 0 Å². The van der Waals surface area contributed by atoms with Gasteiger partial charge in [0.2, 0.25) is 0 Å². The molecule has 0 saturated heterocycles. The van der Waals surface area contributed by atoms with E-state index in [0.717, 1.165) is 89.7 Å². The van der Waals surface area contributed by atoms with E-state index in [2.05, 4.69) is 321 Å². The average Bonchev–Trinajstić information content (AvgIpc) is 1.69. The first-order valence-electron chi connectivity index (χ1n) is 30.4. The number of hydrogen-bond donors (Lipinski definition) is 2. The third-order valence-electron chi connectivity index (χ3n) is 17.1. The van der Waals surface area contributed by atoms with Crippen LogP contribution in [0.3, 0.4) is 0 Å². The van der Waals surface area contributed by atoms with Gasteiger partial charge in [-0.3, -0.25) is 4.57 Å². The molecule has 7 nitrogen and oxygen atoms in total. The van der Waals surface area contributed by atoms with Crippen molar-refractivity contribution in [3.8, 4) is 17.3 Å². The highest BCUT2D eigenvalue weighted by Crippen LogP contribution is 2.51. The van der Waals surface area contributed by atoms with Crippen LogP contribution in [-0.4, -0.2) is 30.8 Å². The van der Waals surface area contributed by atoms with Crippen LogP contribution in [0.1, 0.15) is 114 Å². The number of allylic oxidation sites excluding steroid dienone is 8. The van der Waals surface area contributed by atoms with Crippen molar-refractivity contribution in [3.05, 3.63) is 300 Å². The number of nitrogens with one attached hydrogen (secondary N) is 2. The minimum Gasteiger partial charge on any atom is -0.457 e. The Balaban J connectivity index is 0.998. The van der Waals surface area contributed by atoms with Crippen LogP contribution >= 0.6 is 0 Å². The molecule has 9 heteroatoms. The van der Waals surface area contributed by atoms with Crippen LogP contribution in [0.5, 0.6) is 11.5 Å². The largest absolute Gasteiger partial charge is 0.457 e. The minimum absolute atomic E-state index is 0.0513. The predicted octanol–water partition coefficient (Wildman–Crippen LogP) is 18.8. The molecule has 0 saturated carbocycles. The molecule has 9 aromatic rings. The number of aromatic nitrogens is 2. The Hall–Kier alpha value is -9.46. The van der Waals surface area contributed by atoms with Crippen molar-refractivity contribution in [1.82, 2.24) is 20.2 Å². The summed E-state index contributed by atoms with van der Waals surface area (Å²) in [7, 11) is 4.46. The zero-order valence-corrected chi connectivity index (χ0v) is 51.8. The Morgan fingerprint density at radius 3 is 1.60 bits per heavy atom. The van der Waals surface area contributed by atoms with E-state index in [1.54, 1.807) is 0 Å². The van der Waals surface area contributed by atoms with Crippen molar-refractivity contribution in [2.75, 3.05) is 16.5 Å². The highest BCUT2D eigenvalue weighted by Gasteiger charge is 2.35. The van der Waals surface area contributed by atoms with E-state index in [-0.39, 0.29) is 16.2 Å². The lowest BCUT2D eigenvalue weighted by Crippen LogP contribution is -2.27. The highest BCUT2D eigenvalue weighted by atomic mass is 16.5. The molecular formula is C78H76B2N6O. The van der Waals surface area contributed by atoms with Gasteiger partial charge in [-0.1, -0.05) is 176 Å². The van der Waals surface area contributed by atoms with E-state index < -0.39 is 5.41 Å². The van der Waals surface area contributed by atoms with Gasteiger partial charge in [0.15, 0.2) is 14.6 Å². The molecule has 0 atom stereocenters. The van der Waals surface area contributed by atoms with Gasteiger partial charge in [0.1, 0.15) is 24.0 Å². The lowest BCUT2D eigenvalue weighted by atomic mass is 9.62. The summed E-state index contributed by atoms with van der Waals surface area (Å²) in [5.74, 6) is 6.59. The molecule has 3 aliphatic rings. The molecule has 0 aliphatic carbocycles. The Bertz CT molecular complexity index is 4200. The summed E-state index contributed by atoms with van der Waals surface area (Å²) in [5.41, 5.74) is 17.3. The first-order chi connectivity index (χ1) is 41.9. The van der Waals surface area contributed by atoms with Crippen molar-refractivity contribution in [2.45, 2.75) is 90.9 Å². The third kappa shape index (κ3) is 11.8. The van der Waals surface area contributed by atoms with Gasteiger partial charge in [0.25, 0.3) is 0 Å². The van der Waals surface area contributed by atoms with E-state index in [1.165, 1.54) is 27.6 Å². The van der Waals surface area contributed by atoms with E-state index in [4.69, 9.17) is 9.72 Å². The maximum absolute atomic E-state index is 7.26. The van der Waals surface area contributed by atoms with Crippen molar-refractivity contribution >= 4 is 70.1 Å². The molecule has 0 amide bonds. The first-order valence-corrected chi connectivity index (χ1v) is 30.4. The standard InChI is InChI=1S/C78H76B2N6O/c1-75(2,3)56-33-36-69-64(47-56)63-35-34-61(52-72(63)86(69)73-50-57(37-44-83-73)78(10,54-25-13-11-14-26-54)55-27-15-12-16-28-55)87-62-46-58(76(4,5)6)45-60(51-62)84-53-85(71-32-18-17-31-70(71)84)74-65(67-29-23-42-81-40-21-19-38-79-67)48-59(77(7,8)9)49-66(74)68-30-24-43-82-41-22-20-39-80-68/h11-52,81-82H,53H2,1-10H3/b38-19-,39-20-,40-21-,41-22-,42-23-,43-24-,67-29-,68-30-. The maximum atomic E-state index is 7.26. The van der Waals surface area contributed by atoms with Crippen LogP contribution in [0.4, 0.5) is 22.7 Å². The second-order valence-electron chi connectivity index (χ2n) is 26.1. The second-order valence-corrected chi connectivity index (χ2v) is 26.1. The summed E-state index contributed by atoms with van der Waals surface area (Å²) in [4.78, 5) is 10.2. The number of fused-ring (bicyclic) bond motifs is 4. The van der Waals surface area contributed by atoms with Gasteiger partial charge in [0, 0.05) is 65.0 Å². The monoisotopic (exact) mass is 1130 g/mol. The first kappa shape index (κ1) is 57.9. The van der Waals surface area contributed by atoms with Gasteiger partial charge in [0.05, 0.1) is 28.1 Å². The minimum atomic E-state index is -0.458. The lowest BCUT2D eigenvalue weighted by Gasteiger charge is -2.32. The van der Waals surface area contributed by atoms with Gasteiger partial charge < -0.3 is 25.2 Å². The van der Waals surface area contributed by atoms with Crippen LogP contribution in [0.2, 0.25) is 0 Å². The molecule has 0 unspecified atom stereocenters. The van der Waals surface area contributed by atoms with E-state index in [1.807, 2.05) is 43.1 Å². The highest BCUT2D eigenvalue weighted by molar-refractivity contribution is 6.67. The van der Waals surface area contributed by atoms with Gasteiger partial charge in [-0.15, -0.1) is 12.0 Å². The maximum Gasteiger partial charge on any atom is 0.182 e. The van der Waals surface area contributed by atoms with Crippen LogP contribution in [-0.2, 0) is 21.7 Å². The summed E-state index contributed by atoms with van der Waals surface area (Å²) in [6.45, 7) is 23.5. The zero-order valence-electron chi connectivity index (χ0n) is 51.8. The predicted molar refractivity (Wildman–Crippen MR) is 370 cm³/mol. The van der Waals surface area contributed by atoms with Crippen LogP contribution in [0.25, 0.3) is 38.6 Å². The number of para-hydroxylation sites is 2. The van der Waals surface area contributed by atoms with Crippen LogP contribution < -0.4 is 25.2 Å². The van der Waals surface area contributed by atoms with Gasteiger partial charge >= 0.3 is 0 Å². The van der Waals surface area contributed by atoms with Gasteiger partial charge in [-0.05, 0) is 165 Å². The van der Waals surface area contributed by atoms with E-state index >= 15 is 0 Å². The molecule has 2 aromatic heterocycles.